The highest BCUT2D eigenvalue weighted by Gasteiger charge is 2.22. The lowest BCUT2D eigenvalue weighted by atomic mass is 9.93. The van der Waals surface area contributed by atoms with Crippen molar-refractivity contribution in [2.45, 2.75) is 25.9 Å². The minimum atomic E-state index is -0.128. The van der Waals surface area contributed by atoms with Gasteiger partial charge in [-0.25, -0.2) is 0 Å². The van der Waals surface area contributed by atoms with E-state index in [0.717, 1.165) is 6.54 Å². The van der Waals surface area contributed by atoms with Crippen LogP contribution >= 0.6 is 11.8 Å². The standard InChI is InChI=1S/C10H21NOS/c1-9(12)10-4-3-5-11(8-10)6-7-13-2/h9-10,12H,3-8H2,1-2H3. The number of nitrogens with zero attached hydrogens (tertiary/aromatic N) is 1. The third-order valence-electron chi connectivity index (χ3n) is 2.84. The van der Waals surface area contributed by atoms with Gasteiger partial charge in [0.2, 0.25) is 0 Å². The number of likely N-dealkylation sites (tertiary alicyclic amines) is 1. The Morgan fingerprint density at radius 1 is 1.62 bits per heavy atom. The van der Waals surface area contributed by atoms with E-state index in [1.54, 1.807) is 0 Å². The molecule has 0 aliphatic carbocycles. The fraction of sp³-hybridized carbons (Fsp3) is 1.00. The first kappa shape index (κ1) is 11.3. The summed E-state index contributed by atoms with van der Waals surface area (Å²) in [7, 11) is 0. The summed E-state index contributed by atoms with van der Waals surface area (Å²) in [5.41, 5.74) is 0. The lowest BCUT2D eigenvalue weighted by Gasteiger charge is -2.33. The molecule has 2 nitrogen and oxygen atoms in total. The van der Waals surface area contributed by atoms with Gasteiger partial charge in [0.1, 0.15) is 0 Å². The number of aliphatic hydroxyl groups excluding tert-OH is 1. The van der Waals surface area contributed by atoms with Crippen molar-refractivity contribution in [3.05, 3.63) is 0 Å². The van der Waals surface area contributed by atoms with Crippen molar-refractivity contribution in [2.75, 3.05) is 31.6 Å². The highest BCUT2D eigenvalue weighted by molar-refractivity contribution is 7.98. The lowest BCUT2D eigenvalue weighted by Crippen LogP contribution is -2.40. The average molecular weight is 203 g/mol. The van der Waals surface area contributed by atoms with Gasteiger partial charge < -0.3 is 10.0 Å². The van der Waals surface area contributed by atoms with E-state index in [9.17, 15) is 5.11 Å². The molecule has 2 unspecified atom stereocenters. The Bertz CT molecular complexity index is 141. The van der Waals surface area contributed by atoms with E-state index >= 15 is 0 Å². The maximum Gasteiger partial charge on any atom is 0.0552 e. The molecule has 1 aliphatic heterocycles. The summed E-state index contributed by atoms with van der Waals surface area (Å²) in [5.74, 6) is 1.72. The first-order chi connectivity index (χ1) is 6.24. The summed E-state index contributed by atoms with van der Waals surface area (Å²) in [6.07, 6.45) is 4.48. The van der Waals surface area contributed by atoms with Crippen molar-refractivity contribution in [1.82, 2.24) is 4.90 Å². The number of piperidine rings is 1. The van der Waals surface area contributed by atoms with E-state index in [0.29, 0.717) is 5.92 Å². The smallest absolute Gasteiger partial charge is 0.0552 e. The molecule has 1 N–H and O–H groups in total. The van der Waals surface area contributed by atoms with Crippen molar-refractivity contribution in [3.63, 3.8) is 0 Å². The van der Waals surface area contributed by atoms with Crippen LogP contribution in [-0.2, 0) is 0 Å². The van der Waals surface area contributed by atoms with Crippen molar-refractivity contribution in [2.24, 2.45) is 5.92 Å². The van der Waals surface area contributed by atoms with Crippen molar-refractivity contribution in [3.8, 4) is 0 Å². The molecule has 1 rings (SSSR count). The number of aliphatic hydroxyl groups is 1. The van der Waals surface area contributed by atoms with E-state index < -0.39 is 0 Å². The van der Waals surface area contributed by atoms with Crippen LogP contribution in [0, 0.1) is 5.92 Å². The Labute approximate surface area is 85.7 Å². The molecule has 0 spiro atoms. The van der Waals surface area contributed by atoms with Gasteiger partial charge in [-0.15, -0.1) is 0 Å². The molecule has 3 heteroatoms. The molecule has 1 saturated heterocycles. The average Bonchev–Trinajstić information content (AvgIpc) is 2.15. The van der Waals surface area contributed by atoms with Gasteiger partial charge in [0, 0.05) is 18.8 Å². The molecule has 1 aliphatic rings. The molecular formula is C10H21NOS. The predicted molar refractivity (Wildman–Crippen MR) is 59.2 cm³/mol. The number of hydrogen-bond acceptors (Lipinski definition) is 3. The van der Waals surface area contributed by atoms with Gasteiger partial charge in [0.15, 0.2) is 0 Å². The second-order valence-electron chi connectivity index (χ2n) is 3.94. The Morgan fingerprint density at radius 2 is 2.38 bits per heavy atom. The zero-order chi connectivity index (χ0) is 9.68. The number of hydrogen-bond donors (Lipinski definition) is 1. The van der Waals surface area contributed by atoms with E-state index in [4.69, 9.17) is 0 Å². The summed E-state index contributed by atoms with van der Waals surface area (Å²) in [6.45, 7) is 5.43. The molecule has 0 radical (unpaired) electrons. The van der Waals surface area contributed by atoms with Crippen LogP contribution in [0.1, 0.15) is 19.8 Å². The quantitative estimate of drug-likeness (QED) is 0.748. The molecule has 0 amide bonds. The third kappa shape index (κ3) is 3.88. The van der Waals surface area contributed by atoms with Crippen LogP contribution < -0.4 is 0 Å². The van der Waals surface area contributed by atoms with Gasteiger partial charge in [0.25, 0.3) is 0 Å². The Kier molecular flexibility index (Phi) is 5.14. The summed E-state index contributed by atoms with van der Waals surface area (Å²) in [5, 5.41) is 9.49. The Hall–Kier alpha value is 0.270. The lowest BCUT2D eigenvalue weighted by molar-refractivity contribution is 0.0655. The molecule has 0 aromatic heterocycles. The summed E-state index contributed by atoms with van der Waals surface area (Å²) < 4.78 is 0. The second-order valence-corrected chi connectivity index (χ2v) is 4.92. The summed E-state index contributed by atoms with van der Waals surface area (Å²) in [4.78, 5) is 2.48. The molecule has 0 aromatic carbocycles. The largest absolute Gasteiger partial charge is 0.393 e. The van der Waals surface area contributed by atoms with Gasteiger partial charge in [-0.05, 0) is 38.5 Å². The fourth-order valence-corrected chi connectivity index (χ4v) is 2.35. The van der Waals surface area contributed by atoms with Gasteiger partial charge in [0.05, 0.1) is 6.10 Å². The van der Waals surface area contributed by atoms with Crippen LogP contribution in [0.3, 0.4) is 0 Å². The topological polar surface area (TPSA) is 23.5 Å². The fourth-order valence-electron chi connectivity index (χ4n) is 1.91. The number of rotatable bonds is 4. The van der Waals surface area contributed by atoms with Crippen LogP contribution in [-0.4, -0.2) is 47.8 Å². The molecule has 13 heavy (non-hydrogen) atoms. The first-order valence-electron chi connectivity index (χ1n) is 5.13. The molecule has 0 saturated carbocycles. The van der Waals surface area contributed by atoms with Crippen LogP contribution in [0.4, 0.5) is 0 Å². The molecule has 0 bridgehead atoms. The van der Waals surface area contributed by atoms with E-state index in [2.05, 4.69) is 11.2 Å². The molecular weight excluding hydrogens is 182 g/mol. The summed E-state index contributed by atoms with van der Waals surface area (Å²) >= 11 is 1.90. The van der Waals surface area contributed by atoms with E-state index in [1.165, 1.54) is 31.7 Å². The Balaban J connectivity index is 2.25. The highest BCUT2D eigenvalue weighted by Crippen LogP contribution is 2.19. The first-order valence-corrected chi connectivity index (χ1v) is 6.52. The minimum Gasteiger partial charge on any atom is -0.393 e. The van der Waals surface area contributed by atoms with Gasteiger partial charge in [-0.3, -0.25) is 0 Å². The van der Waals surface area contributed by atoms with Crippen molar-refractivity contribution >= 4 is 11.8 Å². The number of thioether (sulfide) groups is 1. The van der Waals surface area contributed by atoms with Gasteiger partial charge in [-0.1, -0.05) is 0 Å². The van der Waals surface area contributed by atoms with Crippen LogP contribution in [0.2, 0.25) is 0 Å². The molecule has 1 fully saturated rings. The van der Waals surface area contributed by atoms with Gasteiger partial charge in [-0.2, -0.15) is 11.8 Å². The van der Waals surface area contributed by atoms with Gasteiger partial charge >= 0.3 is 0 Å². The van der Waals surface area contributed by atoms with Crippen LogP contribution in [0.25, 0.3) is 0 Å². The SMILES string of the molecule is CSCCN1CCCC(C(C)O)C1. The van der Waals surface area contributed by atoms with E-state index in [-0.39, 0.29) is 6.10 Å². The van der Waals surface area contributed by atoms with Crippen LogP contribution in [0.5, 0.6) is 0 Å². The zero-order valence-electron chi connectivity index (χ0n) is 8.70. The maximum atomic E-state index is 9.49. The summed E-state index contributed by atoms with van der Waals surface area (Å²) in [6, 6.07) is 0. The molecule has 0 aromatic rings. The zero-order valence-corrected chi connectivity index (χ0v) is 9.52. The normalized spacial score (nSPS) is 27.5. The molecule has 78 valence electrons. The van der Waals surface area contributed by atoms with Crippen molar-refractivity contribution < 1.29 is 5.11 Å². The predicted octanol–water partition coefficient (Wildman–Crippen LogP) is 1.44. The monoisotopic (exact) mass is 203 g/mol. The highest BCUT2D eigenvalue weighted by atomic mass is 32.2. The Morgan fingerprint density at radius 3 is 3.00 bits per heavy atom. The second kappa shape index (κ2) is 5.89. The van der Waals surface area contributed by atoms with Crippen molar-refractivity contribution in [1.29, 1.82) is 0 Å². The molecule has 2 atom stereocenters. The molecule has 1 heterocycles. The maximum absolute atomic E-state index is 9.49. The van der Waals surface area contributed by atoms with Crippen LogP contribution in [0.15, 0.2) is 0 Å². The van der Waals surface area contributed by atoms with E-state index in [1.807, 2.05) is 18.7 Å². The minimum absolute atomic E-state index is 0.128. The third-order valence-corrected chi connectivity index (χ3v) is 3.43.